The zero-order valence-electron chi connectivity index (χ0n) is 16.0. The number of aromatic nitrogens is 2. The third-order valence-corrected chi connectivity index (χ3v) is 4.12. The highest BCUT2D eigenvalue weighted by molar-refractivity contribution is 5.77. The number of carbonyl (C=O) groups excluding carboxylic acids is 1. The van der Waals surface area contributed by atoms with Crippen LogP contribution in [0.3, 0.4) is 0 Å². The Morgan fingerprint density at radius 2 is 2.00 bits per heavy atom. The molecule has 152 valence electrons. The number of nitrogens with one attached hydrogen (secondary N) is 1. The molecule has 0 atom stereocenters. The first-order chi connectivity index (χ1) is 13.6. The van der Waals surface area contributed by atoms with Crippen LogP contribution in [0.25, 0.3) is 5.69 Å². The van der Waals surface area contributed by atoms with Crippen molar-refractivity contribution in [2.45, 2.75) is 6.42 Å². The Morgan fingerprint density at radius 3 is 2.57 bits per heavy atom. The minimum atomic E-state index is -0.450. The quantitative estimate of drug-likeness (QED) is 0.433. The van der Waals surface area contributed by atoms with Crippen LogP contribution in [0.15, 0.2) is 36.9 Å². The molecule has 0 saturated heterocycles. The first-order valence-electron chi connectivity index (χ1n) is 8.83. The monoisotopic (exact) mass is 391 g/mol. The molecule has 10 heteroatoms. The normalized spacial score (nSPS) is 10.6. The second-order valence-electron chi connectivity index (χ2n) is 5.97. The maximum absolute atomic E-state index is 12.4. The molecule has 0 saturated carbocycles. The molecular formula is C18H25N5O5. The number of anilines is 1. The molecule has 1 aromatic carbocycles. The summed E-state index contributed by atoms with van der Waals surface area (Å²) in [6.45, 7) is 2.09. The molecule has 1 heterocycles. The number of amides is 1. The van der Waals surface area contributed by atoms with Gasteiger partial charge in [0.15, 0.2) is 0 Å². The molecule has 2 aromatic rings. The van der Waals surface area contributed by atoms with Crippen molar-refractivity contribution in [3.63, 3.8) is 0 Å². The molecule has 0 bridgehead atoms. The van der Waals surface area contributed by atoms with E-state index in [1.165, 1.54) is 6.07 Å². The van der Waals surface area contributed by atoms with Crippen molar-refractivity contribution in [3.05, 3.63) is 47.0 Å². The minimum absolute atomic E-state index is 0.0609. The molecule has 0 aliphatic rings. The van der Waals surface area contributed by atoms with Gasteiger partial charge in [-0.25, -0.2) is 4.98 Å². The van der Waals surface area contributed by atoms with E-state index in [2.05, 4.69) is 10.3 Å². The van der Waals surface area contributed by atoms with Gasteiger partial charge in [-0.2, -0.15) is 0 Å². The molecule has 1 N–H and O–H groups in total. The van der Waals surface area contributed by atoms with Gasteiger partial charge in [0.05, 0.1) is 30.2 Å². The van der Waals surface area contributed by atoms with Gasteiger partial charge in [-0.15, -0.1) is 0 Å². The van der Waals surface area contributed by atoms with Crippen molar-refractivity contribution >= 4 is 17.3 Å². The van der Waals surface area contributed by atoms with Crippen LogP contribution < -0.4 is 5.32 Å². The minimum Gasteiger partial charge on any atom is -0.383 e. The number of benzene rings is 1. The lowest BCUT2D eigenvalue weighted by Crippen LogP contribution is -2.37. The maximum atomic E-state index is 12.4. The molecule has 0 unspecified atom stereocenters. The highest BCUT2D eigenvalue weighted by Crippen LogP contribution is 2.27. The summed E-state index contributed by atoms with van der Waals surface area (Å²) in [5, 5.41) is 14.4. The van der Waals surface area contributed by atoms with Crippen LogP contribution in [0.2, 0.25) is 0 Å². The van der Waals surface area contributed by atoms with Crippen LogP contribution in [0.5, 0.6) is 0 Å². The summed E-state index contributed by atoms with van der Waals surface area (Å²) >= 11 is 0. The summed E-state index contributed by atoms with van der Waals surface area (Å²) in [6.07, 6.45) is 5.08. The number of nitro benzene ring substituents is 1. The smallest absolute Gasteiger partial charge is 0.294 e. The molecular weight excluding hydrogens is 366 g/mol. The van der Waals surface area contributed by atoms with Crippen molar-refractivity contribution in [2.24, 2.45) is 0 Å². The third-order valence-electron chi connectivity index (χ3n) is 4.12. The third kappa shape index (κ3) is 6.03. The Labute approximate surface area is 163 Å². The fraction of sp³-hybridized carbons (Fsp3) is 0.444. The highest BCUT2D eigenvalue weighted by atomic mass is 16.6. The van der Waals surface area contributed by atoms with Crippen LogP contribution in [0.1, 0.15) is 6.42 Å². The Morgan fingerprint density at radius 1 is 1.29 bits per heavy atom. The van der Waals surface area contributed by atoms with Crippen molar-refractivity contribution in [2.75, 3.05) is 52.4 Å². The summed E-state index contributed by atoms with van der Waals surface area (Å²) < 4.78 is 11.7. The van der Waals surface area contributed by atoms with E-state index in [-0.39, 0.29) is 24.6 Å². The van der Waals surface area contributed by atoms with Crippen molar-refractivity contribution in [1.82, 2.24) is 14.5 Å². The van der Waals surface area contributed by atoms with Gasteiger partial charge >= 0.3 is 0 Å². The van der Waals surface area contributed by atoms with E-state index in [0.29, 0.717) is 37.7 Å². The fourth-order valence-electron chi connectivity index (χ4n) is 2.62. The Kier molecular flexibility index (Phi) is 8.37. The molecule has 0 aliphatic carbocycles. The van der Waals surface area contributed by atoms with Gasteiger partial charge in [-0.1, -0.05) is 0 Å². The summed E-state index contributed by atoms with van der Waals surface area (Å²) in [5.74, 6) is -0.0701. The number of nitrogens with zero attached hydrogens (tertiary/aromatic N) is 4. The van der Waals surface area contributed by atoms with Crippen LogP contribution >= 0.6 is 0 Å². The number of hydrogen-bond acceptors (Lipinski definition) is 7. The van der Waals surface area contributed by atoms with Crippen LogP contribution in [0, 0.1) is 10.1 Å². The number of imidazole rings is 1. The van der Waals surface area contributed by atoms with E-state index in [1.54, 1.807) is 54.5 Å². The van der Waals surface area contributed by atoms with Crippen LogP contribution in [0.4, 0.5) is 11.4 Å². The fourth-order valence-corrected chi connectivity index (χ4v) is 2.62. The number of ether oxygens (including phenoxy) is 2. The standard InChI is InChI=1S/C18H25N5O5/c1-27-11-9-21(10-12-28-2)18(24)5-6-20-16-4-3-15(13-17(16)23(25)26)22-8-7-19-14-22/h3-4,7-8,13-14,20H,5-6,9-12H2,1-2H3. The van der Waals surface area contributed by atoms with Gasteiger partial charge in [0, 0.05) is 58.7 Å². The second kappa shape index (κ2) is 11.0. The van der Waals surface area contributed by atoms with E-state index >= 15 is 0 Å². The van der Waals surface area contributed by atoms with Gasteiger partial charge < -0.3 is 24.3 Å². The molecule has 0 aliphatic heterocycles. The first kappa shape index (κ1) is 21.3. The lowest BCUT2D eigenvalue weighted by molar-refractivity contribution is -0.383. The number of methoxy groups -OCH3 is 2. The van der Waals surface area contributed by atoms with Crippen molar-refractivity contribution in [1.29, 1.82) is 0 Å². The van der Waals surface area contributed by atoms with Crippen LogP contribution in [-0.2, 0) is 14.3 Å². The molecule has 0 fully saturated rings. The van der Waals surface area contributed by atoms with Crippen LogP contribution in [-0.4, -0.2) is 72.3 Å². The average Bonchev–Trinajstić information content (AvgIpc) is 3.23. The average molecular weight is 391 g/mol. The van der Waals surface area contributed by atoms with E-state index < -0.39 is 4.92 Å². The Bertz CT molecular complexity index is 758. The molecule has 1 aromatic heterocycles. The van der Waals surface area contributed by atoms with Gasteiger partial charge in [-0.05, 0) is 12.1 Å². The Balaban J connectivity index is 1.99. The van der Waals surface area contributed by atoms with Gasteiger partial charge in [-0.3, -0.25) is 14.9 Å². The SMILES string of the molecule is COCCN(CCOC)C(=O)CCNc1ccc(-n2ccnc2)cc1[N+](=O)[O-]. The second-order valence-corrected chi connectivity index (χ2v) is 5.97. The summed E-state index contributed by atoms with van der Waals surface area (Å²) in [5.41, 5.74) is 0.937. The molecule has 1 amide bonds. The maximum Gasteiger partial charge on any atom is 0.294 e. The van der Waals surface area contributed by atoms with E-state index in [9.17, 15) is 14.9 Å². The van der Waals surface area contributed by atoms with Crippen molar-refractivity contribution in [3.8, 4) is 5.69 Å². The highest BCUT2D eigenvalue weighted by Gasteiger charge is 2.17. The zero-order valence-corrected chi connectivity index (χ0v) is 16.0. The molecule has 2 rings (SSSR count). The van der Waals surface area contributed by atoms with Gasteiger partial charge in [0.1, 0.15) is 5.69 Å². The predicted molar refractivity (Wildman–Crippen MR) is 104 cm³/mol. The summed E-state index contributed by atoms with van der Waals surface area (Å²) in [4.78, 5) is 29.0. The summed E-state index contributed by atoms with van der Waals surface area (Å²) in [6, 6.07) is 4.85. The number of carbonyl (C=O) groups is 1. The molecule has 0 radical (unpaired) electrons. The van der Waals surface area contributed by atoms with E-state index in [0.717, 1.165) is 0 Å². The lowest BCUT2D eigenvalue weighted by Gasteiger charge is -2.22. The molecule has 10 nitrogen and oxygen atoms in total. The predicted octanol–water partition coefficient (Wildman–Crippen LogP) is 1.70. The van der Waals surface area contributed by atoms with Gasteiger partial charge in [0.25, 0.3) is 5.69 Å². The lowest BCUT2D eigenvalue weighted by atomic mass is 10.2. The number of nitro groups is 1. The summed E-state index contributed by atoms with van der Waals surface area (Å²) in [7, 11) is 3.15. The number of rotatable bonds is 12. The topological polar surface area (TPSA) is 112 Å². The van der Waals surface area contributed by atoms with E-state index in [4.69, 9.17) is 9.47 Å². The number of hydrogen-bond donors (Lipinski definition) is 1. The Hall–Kier alpha value is -2.98. The largest absolute Gasteiger partial charge is 0.383 e. The molecule has 0 spiro atoms. The first-order valence-corrected chi connectivity index (χ1v) is 8.83. The zero-order chi connectivity index (χ0) is 20.4. The van der Waals surface area contributed by atoms with Gasteiger partial charge in [0.2, 0.25) is 5.91 Å². The van der Waals surface area contributed by atoms with Crippen molar-refractivity contribution < 1.29 is 19.2 Å². The van der Waals surface area contributed by atoms with E-state index in [1.807, 2.05) is 0 Å². The molecule has 28 heavy (non-hydrogen) atoms.